The van der Waals surface area contributed by atoms with Gasteiger partial charge in [-0.05, 0) is 69.9 Å². The maximum absolute atomic E-state index is 6.56. The van der Waals surface area contributed by atoms with Gasteiger partial charge in [0.25, 0.3) is 0 Å². The summed E-state index contributed by atoms with van der Waals surface area (Å²) in [5.41, 5.74) is 9.71. The molecule has 0 saturated carbocycles. The van der Waals surface area contributed by atoms with Crippen LogP contribution in [0.25, 0.3) is 55.0 Å². The highest BCUT2D eigenvalue weighted by Crippen LogP contribution is 2.45. The van der Waals surface area contributed by atoms with E-state index in [1.165, 1.54) is 21.9 Å². The molecule has 0 bridgehead atoms. The normalized spacial score (nSPS) is 11.3. The maximum atomic E-state index is 6.56. The van der Waals surface area contributed by atoms with Gasteiger partial charge < -0.3 is 9.32 Å². The van der Waals surface area contributed by atoms with E-state index in [0.29, 0.717) is 0 Å². The first-order valence-electron chi connectivity index (χ1n) is 14.3. The van der Waals surface area contributed by atoms with E-state index in [2.05, 4.69) is 169 Å². The summed E-state index contributed by atoms with van der Waals surface area (Å²) in [5, 5.41) is 4.64. The first-order chi connectivity index (χ1) is 20.8. The van der Waals surface area contributed by atoms with Crippen LogP contribution >= 0.6 is 0 Å². The van der Waals surface area contributed by atoms with Gasteiger partial charge in [0.2, 0.25) is 0 Å². The Hall–Kier alpha value is -5.60. The summed E-state index contributed by atoms with van der Waals surface area (Å²) in [4.78, 5) is 2.33. The number of nitrogens with zero attached hydrogens (tertiary/aromatic N) is 1. The van der Waals surface area contributed by atoms with Crippen LogP contribution in [0.2, 0.25) is 0 Å². The van der Waals surface area contributed by atoms with Gasteiger partial charge in [0.1, 0.15) is 11.2 Å². The number of rotatable bonds is 5. The van der Waals surface area contributed by atoms with E-state index in [4.69, 9.17) is 4.42 Å². The van der Waals surface area contributed by atoms with E-state index in [-0.39, 0.29) is 0 Å². The molecular weight excluding hydrogens is 510 g/mol. The summed E-state index contributed by atoms with van der Waals surface area (Å²) < 4.78 is 6.56. The van der Waals surface area contributed by atoms with E-state index < -0.39 is 0 Å². The predicted molar refractivity (Wildman–Crippen MR) is 177 cm³/mol. The van der Waals surface area contributed by atoms with E-state index in [1.54, 1.807) is 0 Å². The van der Waals surface area contributed by atoms with Crippen molar-refractivity contribution in [2.45, 2.75) is 0 Å². The van der Waals surface area contributed by atoms with Gasteiger partial charge in [-0.3, -0.25) is 0 Å². The molecule has 0 aliphatic carbocycles. The number of anilines is 3. The smallest absolute Gasteiger partial charge is 0.137 e. The second-order valence-corrected chi connectivity index (χ2v) is 10.6. The van der Waals surface area contributed by atoms with Crippen molar-refractivity contribution in [3.8, 4) is 22.3 Å². The highest BCUT2D eigenvalue weighted by atomic mass is 16.3. The lowest BCUT2D eigenvalue weighted by atomic mass is 9.98. The zero-order chi connectivity index (χ0) is 27.9. The van der Waals surface area contributed by atoms with Gasteiger partial charge in [0.05, 0.1) is 5.69 Å². The largest absolute Gasteiger partial charge is 0.456 e. The lowest BCUT2D eigenvalue weighted by molar-refractivity contribution is 0.669. The van der Waals surface area contributed by atoms with Gasteiger partial charge in [-0.1, -0.05) is 115 Å². The Kier molecular flexibility index (Phi) is 5.82. The van der Waals surface area contributed by atoms with Crippen molar-refractivity contribution < 1.29 is 4.42 Å². The summed E-state index contributed by atoms with van der Waals surface area (Å²) in [7, 11) is 0. The molecule has 1 aromatic heterocycles. The highest BCUT2D eigenvalue weighted by molar-refractivity contribution is 6.13. The first kappa shape index (κ1) is 24.2. The van der Waals surface area contributed by atoms with E-state index in [0.717, 1.165) is 50.1 Å². The van der Waals surface area contributed by atoms with Gasteiger partial charge in [-0.25, -0.2) is 0 Å². The van der Waals surface area contributed by atoms with Crippen molar-refractivity contribution in [2.24, 2.45) is 0 Å². The summed E-state index contributed by atoms with van der Waals surface area (Å²) in [6.07, 6.45) is 0. The molecule has 8 rings (SSSR count). The Morgan fingerprint density at radius 1 is 0.381 bits per heavy atom. The SMILES string of the molecule is c1ccc(-c2ccc(N(c3ccccc3)c3cc4oc5cc6ccccc6cc5c4cc3-c3ccccc3)cc2)cc1. The summed E-state index contributed by atoms with van der Waals surface area (Å²) in [6, 6.07) is 57.9. The molecule has 0 atom stereocenters. The molecular formula is C40H27NO. The average Bonchev–Trinajstić information content (AvgIpc) is 3.41. The van der Waals surface area contributed by atoms with Crippen molar-refractivity contribution >= 4 is 49.8 Å². The van der Waals surface area contributed by atoms with Crippen LogP contribution < -0.4 is 4.90 Å². The molecule has 42 heavy (non-hydrogen) atoms. The highest BCUT2D eigenvalue weighted by Gasteiger charge is 2.21. The molecule has 0 saturated heterocycles. The van der Waals surface area contributed by atoms with Crippen LogP contribution in [-0.4, -0.2) is 0 Å². The lowest BCUT2D eigenvalue weighted by Gasteiger charge is -2.28. The van der Waals surface area contributed by atoms with Crippen molar-refractivity contribution in [1.82, 2.24) is 0 Å². The lowest BCUT2D eigenvalue weighted by Crippen LogP contribution is -2.11. The second-order valence-electron chi connectivity index (χ2n) is 10.6. The molecule has 7 aromatic carbocycles. The van der Waals surface area contributed by atoms with Crippen LogP contribution in [0, 0.1) is 0 Å². The number of para-hydroxylation sites is 1. The monoisotopic (exact) mass is 537 g/mol. The van der Waals surface area contributed by atoms with Gasteiger partial charge >= 0.3 is 0 Å². The van der Waals surface area contributed by atoms with E-state index >= 15 is 0 Å². The second kappa shape index (κ2) is 10.1. The first-order valence-corrected chi connectivity index (χ1v) is 14.3. The Morgan fingerprint density at radius 3 is 1.57 bits per heavy atom. The molecule has 0 aliphatic heterocycles. The molecule has 198 valence electrons. The molecule has 1 heterocycles. The molecule has 2 heteroatoms. The molecule has 8 aromatic rings. The summed E-state index contributed by atoms with van der Waals surface area (Å²) in [6.45, 7) is 0. The molecule has 0 fully saturated rings. The van der Waals surface area contributed by atoms with Crippen molar-refractivity contribution in [1.29, 1.82) is 0 Å². The summed E-state index contributed by atoms with van der Waals surface area (Å²) in [5.74, 6) is 0. The van der Waals surface area contributed by atoms with Crippen molar-refractivity contribution in [3.05, 3.63) is 164 Å². The Bertz CT molecular complexity index is 2160. The third-order valence-corrected chi connectivity index (χ3v) is 8.03. The average molecular weight is 538 g/mol. The van der Waals surface area contributed by atoms with Gasteiger partial charge in [-0.15, -0.1) is 0 Å². The minimum absolute atomic E-state index is 0.872. The fraction of sp³-hybridized carbons (Fsp3) is 0. The zero-order valence-electron chi connectivity index (χ0n) is 22.9. The zero-order valence-corrected chi connectivity index (χ0v) is 22.9. The third-order valence-electron chi connectivity index (χ3n) is 8.03. The van der Waals surface area contributed by atoms with Crippen molar-refractivity contribution in [3.63, 3.8) is 0 Å². The van der Waals surface area contributed by atoms with Crippen LogP contribution in [0.15, 0.2) is 168 Å². The van der Waals surface area contributed by atoms with Crippen LogP contribution in [0.4, 0.5) is 17.1 Å². The minimum atomic E-state index is 0.872. The Labute approximate surface area is 244 Å². The maximum Gasteiger partial charge on any atom is 0.137 e. The quantitative estimate of drug-likeness (QED) is 0.217. The van der Waals surface area contributed by atoms with Crippen LogP contribution in [-0.2, 0) is 0 Å². The molecule has 0 N–H and O–H groups in total. The molecule has 0 radical (unpaired) electrons. The minimum Gasteiger partial charge on any atom is -0.456 e. The van der Waals surface area contributed by atoms with Crippen LogP contribution in [0.1, 0.15) is 0 Å². The predicted octanol–water partition coefficient (Wildman–Crippen LogP) is 11.5. The number of fused-ring (bicyclic) bond motifs is 4. The van der Waals surface area contributed by atoms with E-state index in [1.807, 2.05) is 0 Å². The number of hydrogen-bond acceptors (Lipinski definition) is 2. The van der Waals surface area contributed by atoms with Gasteiger partial charge in [-0.2, -0.15) is 0 Å². The van der Waals surface area contributed by atoms with Gasteiger partial charge in [0, 0.05) is 33.8 Å². The molecule has 0 amide bonds. The number of hydrogen-bond donors (Lipinski definition) is 0. The fourth-order valence-corrected chi connectivity index (χ4v) is 5.97. The number of furan rings is 1. The molecule has 0 spiro atoms. The molecule has 0 aliphatic rings. The summed E-state index contributed by atoms with van der Waals surface area (Å²) >= 11 is 0. The molecule has 0 unspecified atom stereocenters. The van der Waals surface area contributed by atoms with Gasteiger partial charge in [0.15, 0.2) is 0 Å². The van der Waals surface area contributed by atoms with Crippen LogP contribution in [0.3, 0.4) is 0 Å². The third kappa shape index (κ3) is 4.22. The Morgan fingerprint density at radius 2 is 0.881 bits per heavy atom. The molecule has 2 nitrogen and oxygen atoms in total. The van der Waals surface area contributed by atoms with Crippen LogP contribution in [0.5, 0.6) is 0 Å². The standard InChI is InChI=1S/C40H27NO/c1-4-12-28(13-5-1)29-20-22-34(23-21-29)41(33-18-8-3-9-19-33)38-27-40-37(26-35(38)30-14-6-2-7-15-30)36-24-31-16-10-11-17-32(31)25-39(36)42-40/h1-27H. The Balaban J connectivity index is 1.38. The van der Waals surface area contributed by atoms with Crippen molar-refractivity contribution in [2.75, 3.05) is 4.90 Å². The topological polar surface area (TPSA) is 16.4 Å². The van der Waals surface area contributed by atoms with E-state index in [9.17, 15) is 0 Å². The number of benzene rings is 7. The fourth-order valence-electron chi connectivity index (χ4n) is 5.97.